The number of nitro groups is 1. The Morgan fingerprint density at radius 1 is 0.964 bits per heavy atom. The van der Waals surface area contributed by atoms with E-state index in [0.717, 1.165) is 47.8 Å². The average Bonchev–Trinajstić information content (AvgIpc) is 3.69. The van der Waals surface area contributed by atoms with Gasteiger partial charge in [0.15, 0.2) is 0 Å². The summed E-state index contributed by atoms with van der Waals surface area (Å²) in [7, 11) is 0.256. The van der Waals surface area contributed by atoms with Crippen LogP contribution in [-0.2, 0) is 26.0 Å². The van der Waals surface area contributed by atoms with E-state index in [1.165, 1.54) is 40.9 Å². The van der Waals surface area contributed by atoms with E-state index in [4.69, 9.17) is 4.74 Å². The topological polar surface area (TPSA) is 177 Å². The number of anilines is 1. The number of ether oxygens (including phenoxy) is 1. The Morgan fingerprint density at radius 2 is 1.67 bits per heavy atom. The van der Waals surface area contributed by atoms with Crippen LogP contribution >= 0.6 is 11.8 Å². The van der Waals surface area contributed by atoms with Gasteiger partial charge in [-0.3, -0.25) is 24.5 Å². The summed E-state index contributed by atoms with van der Waals surface area (Å²) in [5.41, 5.74) is 1.95. The molecule has 1 saturated carbocycles. The highest BCUT2D eigenvalue weighted by Gasteiger charge is 2.26. The zero-order valence-corrected chi connectivity index (χ0v) is 32.6. The van der Waals surface area contributed by atoms with E-state index in [1.807, 2.05) is 53.3 Å². The second-order valence-corrected chi connectivity index (χ2v) is 16.3. The van der Waals surface area contributed by atoms with Crippen molar-refractivity contribution in [1.29, 1.82) is 0 Å². The highest BCUT2D eigenvalue weighted by molar-refractivity contribution is 7.99. The maximum Gasteiger partial charge on any atom is 0.293 e. The van der Waals surface area contributed by atoms with E-state index in [9.17, 15) is 32.9 Å². The third-order valence-corrected chi connectivity index (χ3v) is 11.8. The number of rotatable bonds is 17. The summed E-state index contributed by atoms with van der Waals surface area (Å²) in [4.78, 5) is 51.5. The van der Waals surface area contributed by atoms with E-state index >= 15 is 0 Å². The van der Waals surface area contributed by atoms with Crippen LogP contribution in [0, 0.1) is 10.1 Å². The molecule has 290 valence electrons. The molecule has 55 heavy (non-hydrogen) atoms. The lowest BCUT2D eigenvalue weighted by Crippen LogP contribution is -2.32. The first-order valence-electron chi connectivity index (χ1n) is 17.9. The number of amides is 3. The van der Waals surface area contributed by atoms with Gasteiger partial charge in [-0.15, -0.1) is 11.8 Å². The minimum Gasteiger partial charge on any atom is -0.496 e. The van der Waals surface area contributed by atoms with Crippen LogP contribution in [0.25, 0.3) is 11.1 Å². The molecule has 3 N–H and O–H groups in total. The first-order valence-corrected chi connectivity index (χ1v) is 20.4. The Kier molecular flexibility index (Phi) is 13.9. The second-order valence-electron chi connectivity index (χ2n) is 13.5. The standard InChI is InChI=1S/C40H45N5O8S2/c1-44(2)39(47)24-31(26-54-32-11-5-4-6-12-32)41-35-21-19-33(25-36(35)45(49)50)55(51,52)43-40(48)29-17-15-28(16-18-29)34-20-13-27(23-37(34)53-3)14-22-38(46)42-30-9-7-8-10-30/h4-6,11-13,15-21,23,25,30-31,41H,7-10,14,22,24,26H2,1-3H3,(H,42,46)(H,43,48)/t31-/m1/s1. The molecule has 0 radical (unpaired) electrons. The number of benzene rings is 4. The number of nitrogens with one attached hydrogen (secondary N) is 3. The number of aryl methyl sites for hydroxylation is 1. The van der Waals surface area contributed by atoms with Gasteiger partial charge in [-0.1, -0.05) is 55.3 Å². The van der Waals surface area contributed by atoms with Crippen molar-refractivity contribution in [3.05, 3.63) is 112 Å². The molecule has 0 heterocycles. The van der Waals surface area contributed by atoms with E-state index in [-0.39, 0.29) is 35.5 Å². The molecule has 0 spiro atoms. The summed E-state index contributed by atoms with van der Waals surface area (Å²) in [6.07, 6.45) is 5.31. The Balaban J connectivity index is 1.25. The summed E-state index contributed by atoms with van der Waals surface area (Å²) >= 11 is 1.47. The molecule has 3 amide bonds. The van der Waals surface area contributed by atoms with Gasteiger partial charge in [0.2, 0.25) is 11.8 Å². The lowest BCUT2D eigenvalue weighted by molar-refractivity contribution is -0.384. The number of carbonyl (C=O) groups excluding carboxylic acids is 3. The predicted octanol–water partition coefficient (Wildman–Crippen LogP) is 6.43. The Hall–Kier alpha value is -5.41. The van der Waals surface area contributed by atoms with Gasteiger partial charge >= 0.3 is 0 Å². The van der Waals surface area contributed by atoms with Gasteiger partial charge in [-0.25, -0.2) is 13.1 Å². The number of methoxy groups -OCH3 is 1. The lowest BCUT2D eigenvalue weighted by Gasteiger charge is -2.21. The molecule has 13 nitrogen and oxygen atoms in total. The van der Waals surface area contributed by atoms with Crippen molar-refractivity contribution >= 4 is 50.9 Å². The maximum atomic E-state index is 13.3. The minimum atomic E-state index is -4.53. The largest absolute Gasteiger partial charge is 0.496 e. The Morgan fingerprint density at radius 3 is 2.33 bits per heavy atom. The van der Waals surface area contributed by atoms with E-state index in [0.29, 0.717) is 29.9 Å². The first kappa shape index (κ1) is 40.8. The summed E-state index contributed by atoms with van der Waals surface area (Å²) < 4.78 is 34.3. The number of nitro benzene ring substituents is 1. The third kappa shape index (κ3) is 11.3. The number of sulfonamides is 1. The van der Waals surface area contributed by atoms with Crippen LogP contribution in [0.3, 0.4) is 0 Å². The maximum absolute atomic E-state index is 13.3. The van der Waals surface area contributed by atoms with Crippen molar-refractivity contribution < 1.29 is 32.5 Å². The van der Waals surface area contributed by atoms with E-state index in [2.05, 4.69) is 10.6 Å². The van der Waals surface area contributed by atoms with E-state index in [1.54, 1.807) is 33.3 Å². The van der Waals surface area contributed by atoms with Gasteiger partial charge in [0.05, 0.1) is 16.9 Å². The highest BCUT2D eigenvalue weighted by Crippen LogP contribution is 2.33. The molecule has 4 aromatic carbocycles. The fraction of sp³-hybridized carbons (Fsp3) is 0.325. The van der Waals surface area contributed by atoms with Crippen LogP contribution in [0.4, 0.5) is 11.4 Å². The quantitative estimate of drug-likeness (QED) is 0.0614. The van der Waals surface area contributed by atoms with Gasteiger partial charge in [0.1, 0.15) is 11.4 Å². The van der Waals surface area contributed by atoms with Crippen molar-refractivity contribution in [3.8, 4) is 16.9 Å². The molecule has 0 bridgehead atoms. The summed E-state index contributed by atoms with van der Waals surface area (Å²) in [6, 6.07) is 24.5. The minimum absolute atomic E-state index is 0.0318. The molecular formula is C40H45N5O8S2. The van der Waals surface area contributed by atoms with Crippen molar-refractivity contribution in [2.24, 2.45) is 0 Å². The average molecular weight is 788 g/mol. The fourth-order valence-corrected chi connectivity index (χ4v) is 8.17. The molecule has 1 atom stereocenters. The normalized spacial score (nSPS) is 13.4. The van der Waals surface area contributed by atoms with Crippen LogP contribution in [-0.4, -0.2) is 75.0 Å². The molecule has 1 aliphatic carbocycles. The molecular weight excluding hydrogens is 743 g/mol. The van der Waals surface area contributed by atoms with Gasteiger partial charge in [0.25, 0.3) is 21.6 Å². The zero-order chi connectivity index (χ0) is 39.5. The van der Waals surface area contributed by atoms with Crippen LogP contribution in [0.5, 0.6) is 5.75 Å². The van der Waals surface area contributed by atoms with Crippen LogP contribution in [0.1, 0.15) is 54.4 Å². The molecule has 0 saturated heterocycles. The summed E-state index contributed by atoms with van der Waals surface area (Å²) in [5.74, 6) is -0.0970. The summed E-state index contributed by atoms with van der Waals surface area (Å²) in [6.45, 7) is 0. The third-order valence-electron chi connectivity index (χ3n) is 9.26. The molecule has 1 aliphatic rings. The predicted molar refractivity (Wildman–Crippen MR) is 213 cm³/mol. The number of hydrogen-bond acceptors (Lipinski definition) is 10. The van der Waals surface area contributed by atoms with E-state index < -0.39 is 37.5 Å². The van der Waals surface area contributed by atoms with Crippen LogP contribution in [0.15, 0.2) is 101 Å². The molecule has 5 rings (SSSR count). The van der Waals surface area contributed by atoms with Gasteiger partial charge in [0, 0.05) is 66.9 Å². The van der Waals surface area contributed by atoms with Gasteiger partial charge in [-0.05, 0) is 72.9 Å². The van der Waals surface area contributed by atoms with Gasteiger partial charge in [-0.2, -0.15) is 0 Å². The molecule has 4 aromatic rings. The fourth-order valence-electron chi connectivity index (χ4n) is 6.23. The smallest absolute Gasteiger partial charge is 0.293 e. The molecule has 0 aromatic heterocycles. The first-order chi connectivity index (χ1) is 26.3. The van der Waals surface area contributed by atoms with Crippen molar-refractivity contribution in [1.82, 2.24) is 14.9 Å². The van der Waals surface area contributed by atoms with Crippen LogP contribution in [0.2, 0.25) is 0 Å². The molecule has 15 heteroatoms. The Bertz CT molecular complexity index is 2110. The van der Waals surface area contributed by atoms with Crippen molar-refractivity contribution in [3.63, 3.8) is 0 Å². The highest BCUT2D eigenvalue weighted by atomic mass is 32.2. The Labute approximate surface area is 325 Å². The monoisotopic (exact) mass is 787 g/mol. The van der Waals surface area contributed by atoms with Crippen molar-refractivity contribution in [2.75, 3.05) is 32.3 Å². The SMILES string of the molecule is COc1cc(CCC(=O)NC2CCCC2)ccc1-c1ccc(C(=O)NS(=O)(=O)c2ccc(N[C@@H](CSc3ccccc3)CC(=O)N(C)C)c([N+](=O)[O-])c2)cc1. The molecule has 0 aliphatic heterocycles. The number of hydrogen-bond donors (Lipinski definition) is 3. The number of carbonyl (C=O) groups is 3. The zero-order valence-electron chi connectivity index (χ0n) is 30.9. The lowest BCUT2D eigenvalue weighted by atomic mass is 9.99. The molecule has 0 unspecified atom stereocenters. The van der Waals surface area contributed by atoms with Gasteiger partial charge < -0.3 is 20.3 Å². The van der Waals surface area contributed by atoms with Crippen molar-refractivity contribution in [2.45, 2.75) is 66.8 Å². The number of thioether (sulfide) groups is 1. The summed E-state index contributed by atoms with van der Waals surface area (Å²) in [5, 5.41) is 18.3. The number of nitrogens with zero attached hydrogens (tertiary/aromatic N) is 2. The second kappa shape index (κ2) is 18.8. The van der Waals surface area contributed by atoms with Crippen LogP contribution < -0.4 is 20.1 Å². The molecule has 1 fully saturated rings.